The van der Waals surface area contributed by atoms with E-state index < -0.39 is 0 Å². The minimum atomic E-state index is 0.837. The number of nitrogens with two attached hydrogens (primary N) is 1. The molecule has 0 unspecified atom stereocenters. The fraction of sp³-hybridized carbons (Fsp3) is 0.857. The highest BCUT2D eigenvalue weighted by atomic mass is 15.3. The maximum absolute atomic E-state index is 5.51. The van der Waals surface area contributed by atoms with Gasteiger partial charge >= 0.3 is 0 Å². The highest BCUT2D eigenvalue weighted by Gasteiger charge is 2.15. The third-order valence-electron chi connectivity index (χ3n) is 3.53. The number of piperazine rings is 1. The van der Waals surface area contributed by atoms with Gasteiger partial charge in [0.1, 0.15) is 0 Å². The van der Waals surface area contributed by atoms with Gasteiger partial charge in [-0.1, -0.05) is 6.08 Å². The summed E-state index contributed by atoms with van der Waals surface area (Å²) < 4.78 is 0. The molecule has 0 bridgehead atoms. The minimum absolute atomic E-state index is 0.837. The van der Waals surface area contributed by atoms with Crippen molar-refractivity contribution >= 4 is 0 Å². The van der Waals surface area contributed by atoms with Crippen molar-refractivity contribution in [1.29, 1.82) is 0 Å². The summed E-state index contributed by atoms with van der Waals surface area (Å²) in [5.41, 5.74) is 5.51. The Morgan fingerprint density at radius 2 is 1.41 bits per heavy atom. The molecule has 2 N–H and O–H groups in total. The second kappa shape index (κ2) is 9.63. The summed E-state index contributed by atoms with van der Waals surface area (Å²) >= 11 is 0. The molecular formula is C14H29N3. The second-order valence-electron chi connectivity index (χ2n) is 4.96. The molecule has 0 aromatic rings. The van der Waals surface area contributed by atoms with Crippen LogP contribution in [0.25, 0.3) is 0 Å². The zero-order chi connectivity index (χ0) is 12.3. The van der Waals surface area contributed by atoms with E-state index in [0.717, 1.165) is 6.54 Å². The van der Waals surface area contributed by atoms with Gasteiger partial charge in [0.15, 0.2) is 0 Å². The van der Waals surface area contributed by atoms with Gasteiger partial charge in [-0.05, 0) is 51.7 Å². The molecule has 100 valence electrons. The average Bonchev–Trinajstić information content (AvgIpc) is 2.37. The lowest BCUT2D eigenvalue weighted by Gasteiger charge is -2.34. The molecule has 3 nitrogen and oxygen atoms in total. The number of nitrogens with zero attached hydrogens (tertiary/aromatic N) is 2. The van der Waals surface area contributed by atoms with Crippen molar-refractivity contribution in [2.75, 3.05) is 45.8 Å². The van der Waals surface area contributed by atoms with Gasteiger partial charge in [-0.2, -0.15) is 0 Å². The quantitative estimate of drug-likeness (QED) is 0.491. The van der Waals surface area contributed by atoms with Crippen molar-refractivity contribution in [2.45, 2.75) is 32.1 Å². The topological polar surface area (TPSA) is 32.5 Å². The summed E-state index contributed by atoms with van der Waals surface area (Å²) in [6.45, 7) is 12.1. The van der Waals surface area contributed by atoms with Crippen LogP contribution in [0.15, 0.2) is 12.7 Å². The van der Waals surface area contributed by atoms with Crippen LogP contribution in [-0.4, -0.2) is 55.6 Å². The third kappa shape index (κ3) is 6.81. The molecule has 0 aromatic heterocycles. The van der Waals surface area contributed by atoms with E-state index in [0.29, 0.717) is 0 Å². The lowest BCUT2D eigenvalue weighted by molar-refractivity contribution is 0.129. The molecule has 1 aliphatic heterocycles. The molecule has 1 aliphatic rings. The van der Waals surface area contributed by atoms with Gasteiger partial charge in [0.05, 0.1) is 0 Å². The molecule has 0 aromatic carbocycles. The lowest BCUT2D eigenvalue weighted by Crippen LogP contribution is -2.46. The van der Waals surface area contributed by atoms with E-state index >= 15 is 0 Å². The SMILES string of the molecule is C=CCCCCN1CCN(CCCCN)CC1. The molecule has 3 heteroatoms. The zero-order valence-electron chi connectivity index (χ0n) is 11.2. The highest BCUT2D eigenvalue weighted by Crippen LogP contribution is 2.05. The van der Waals surface area contributed by atoms with Crippen molar-refractivity contribution in [1.82, 2.24) is 9.80 Å². The summed E-state index contributed by atoms with van der Waals surface area (Å²) in [5, 5.41) is 0. The summed E-state index contributed by atoms with van der Waals surface area (Å²) in [4.78, 5) is 5.18. The maximum atomic E-state index is 5.51. The summed E-state index contributed by atoms with van der Waals surface area (Å²) in [6.07, 6.45) is 8.23. The lowest BCUT2D eigenvalue weighted by atomic mass is 10.2. The molecular weight excluding hydrogens is 210 g/mol. The Hall–Kier alpha value is -0.380. The number of allylic oxidation sites excluding steroid dienone is 1. The first-order chi connectivity index (χ1) is 8.36. The van der Waals surface area contributed by atoms with E-state index in [2.05, 4.69) is 16.4 Å². The van der Waals surface area contributed by atoms with Crippen LogP contribution in [0.3, 0.4) is 0 Å². The smallest absolute Gasteiger partial charge is 0.0110 e. The third-order valence-corrected chi connectivity index (χ3v) is 3.53. The fourth-order valence-corrected chi connectivity index (χ4v) is 2.34. The Balaban J connectivity index is 1.99. The molecule has 0 saturated carbocycles. The van der Waals surface area contributed by atoms with E-state index in [-0.39, 0.29) is 0 Å². The number of hydrogen-bond acceptors (Lipinski definition) is 3. The van der Waals surface area contributed by atoms with E-state index in [4.69, 9.17) is 5.73 Å². The number of hydrogen-bond donors (Lipinski definition) is 1. The predicted octanol–water partition coefficient (Wildman–Crippen LogP) is 1.70. The Labute approximate surface area is 107 Å². The standard InChI is InChI=1S/C14H29N3/c1-2-3-4-6-9-16-11-13-17(14-12-16)10-7-5-8-15/h2H,1,3-15H2. The van der Waals surface area contributed by atoms with E-state index in [1.54, 1.807) is 0 Å². The molecule has 0 amide bonds. The minimum Gasteiger partial charge on any atom is -0.330 e. The van der Waals surface area contributed by atoms with Crippen LogP contribution in [0.4, 0.5) is 0 Å². The van der Waals surface area contributed by atoms with Gasteiger partial charge in [-0.15, -0.1) is 6.58 Å². The van der Waals surface area contributed by atoms with Crippen LogP contribution in [0.1, 0.15) is 32.1 Å². The Morgan fingerprint density at radius 3 is 1.88 bits per heavy atom. The highest BCUT2D eigenvalue weighted by molar-refractivity contribution is 4.72. The van der Waals surface area contributed by atoms with Crippen molar-refractivity contribution in [2.24, 2.45) is 5.73 Å². The summed E-state index contributed by atoms with van der Waals surface area (Å²) in [6, 6.07) is 0. The Kier molecular flexibility index (Phi) is 8.32. The molecule has 17 heavy (non-hydrogen) atoms. The first-order valence-corrected chi connectivity index (χ1v) is 7.12. The monoisotopic (exact) mass is 239 g/mol. The van der Waals surface area contributed by atoms with Crippen molar-refractivity contribution in [3.8, 4) is 0 Å². The van der Waals surface area contributed by atoms with Crippen LogP contribution < -0.4 is 5.73 Å². The van der Waals surface area contributed by atoms with E-state index in [9.17, 15) is 0 Å². The zero-order valence-corrected chi connectivity index (χ0v) is 11.2. The predicted molar refractivity (Wildman–Crippen MR) is 75.2 cm³/mol. The van der Waals surface area contributed by atoms with Crippen molar-refractivity contribution in [3.05, 3.63) is 12.7 Å². The fourth-order valence-electron chi connectivity index (χ4n) is 2.34. The van der Waals surface area contributed by atoms with Gasteiger partial charge in [-0.25, -0.2) is 0 Å². The molecule has 1 saturated heterocycles. The Morgan fingerprint density at radius 1 is 0.882 bits per heavy atom. The summed E-state index contributed by atoms with van der Waals surface area (Å²) in [5.74, 6) is 0. The van der Waals surface area contributed by atoms with E-state index in [1.807, 2.05) is 6.08 Å². The number of rotatable bonds is 9. The van der Waals surface area contributed by atoms with Gasteiger partial charge in [0, 0.05) is 26.2 Å². The summed E-state index contributed by atoms with van der Waals surface area (Å²) in [7, 11) is 0. The van der Waals surface area contributed by atoms with Crippen LogP contribution in [0, 0.1) is 0 Å². The first-order valence-electron chi connectivity index (χ1n) is 7.12. The molecule has 0 radical (unpaired) electrons. The van der Waals surface area contributed by atoms with Crippen LogP contribution >= 0.6 is 0 Å². The molecule has 0 aliphatic carbocycles. The Bertz CT molecular complexity index is 186. The van der Waals surface area contributed by atoms with Crippen LogP contribution in [-0.2, 0) is 0 Å². The normalized spacial score (nSPS) is 18.4. The molecule has 1 fully saturated rings. The van der Waals surface area contributed by atoms with Gasteiger partial charge in [0.2, 0.25) is 0 Å². The maximum Gasteiger partial charge on any atom is 0.0110 e. The molecule has 1 heterocycles. The van der Waals surface area contributed by atoms with Gasteiger partial charge in [0.25, 0.3) is 0 Å². The van der Waals surface area contributed by atoms with Crippen LogP contribution in [0.5, 0.6) is 0 Å². The number of unbranched alkanes of at least 4 members (excludes halogenated alkanes) is 3. The van der Waals surface area contributed by atoms with Crippen molar-refractivity contribution in [3.63, 3.8) is 0 Å². The van der Waals surface area contributed by atoms with E-state index in [1.165, 1.54) is 71.4 Å². The first kappa shape index (κ1) is 14.7. The van der Waals surface area contributed by atoms with Gasteiger partial charge < -0.3 is 15.5 Å². The molecule has 0 atom stereocenters. The average molecular weight is 239 g/mol. The molecule has 1 rings (SSSR count). The van der Waals surface area contributed by atoms with Gasteiger partial charge in [-0.3, -0.25) is 0 Å². The molecule has 0 spiro atoms. The largest absolute Gasteiger partial charge is 0.330 e. The van der Waals surface area contributed by atoms with Crippen molar-refractivity contribution < 1.29 is 0 Å². The van der Waals surface area contributed by atoms with Crippen LogP contribution in [0.2, 0.25) is 0 Å². The second-order valence-corrected chi connectivity index (χ2v) is 4.96.